The van der Waals surface area contributed by atoms with E-state index in [2.05, 4.69) is 6.07 Å². The summed E-state index contributed by atoms with van der Waals surface area (Å²) in [5, 5.41) is 18.0. The van der Waals surface area contributed by atoms with Gasteiger partial charge >= 0.3 is 0 Å². The van der Waals surface area contributed by atoms with Gasteiger partial charge in [-0.2, -0.15) is 5.26 Å². The SMILES string of the molecule is N#Cc1cccc(C=CC(=O)N(CCO)C2CCCC2)c1. The summed E-state index contributed by atoms with van der Waals surface area (Å²) >= 11 is 0. The van der Waals surface area contributed by atoms with Gasteiger partial charge in [-0.1, -0.05) is 25.0 Å². The fraction of sp³-hybridized carbons (Fsp3) is 0.412. The number of rotatable bonds is 5. The number of carbonyl (C=O) groups is 1. The van der Waals surface area contributed by atoms with Gasteiger partial charge < -0.3 is 10.0 Å². The van der Waals surface area contributed by atoms with Crippen molar-refractivity contribution < 1.29 is 9.90 Å². The van der Waals surface area contributed by atoms with E-state index in [1.54, 1.807) is 29.2 Å². The molecule has 0 saturated heterocycles. The van der Waals surface area contributed by atoms with Crippen molar-refractivity contribution >= 4 is 12.0 Å². The zero-order valence-corrected chi connectivity index (χ0v) is 12.0. The molecule has 21 heavy (non-hydrogen) atoms. The van der Waals surface area contributed by atoms with Crippen LogP contribution in [0, 0.1) is 11.3 Å². The molecule has 0 unspecified atom stereocenters. The molecule has 0 spiro atoms. The molecule has 0 heterocycles. The average Bonchev–Trinajstić information content (AvgIpc) is 3.04. The standard InChI is InChI=1S/C17H20N2O2/c18-13-15-5-3-4-14(12-15)8-9-17(21)19(10-11-20)16-6-1-2-7-16/h3-5,8-9,12,16,20H,1-2,6-7,10-11H2. The smallest absolute Gasteiger partial charge is 0.246 e. The molecule has 1 aliphatic carbocycles. The molecule has 1 saturated carbocycles. The molecular weight excluding hydrogens is 264 g/mol. The number of amides is 1. The van der Waals surface area contributed by atoms with Gasteiger partial charge in [-0.05, 0) is 36.6 Å². The second kappa shape index (κ2) is 7.61. The quantitative estimate of drug-likeness (QED) is 0.844. The molecule has 4 heteroatoms. The van der Waals surface area contributed by atoms with Crippen LogP contribution in [0.3, 0.4) is 0 Å². The lowest BCUT2D eigenvalue weighted by atomic mass is 10.1. The monoisotopic (exact) mass is 284 g/mol. The Morgan fingerprint density at radius 3 is 2.86 bits per heavy atom. The summed E-state index contributed by atoms with van der Waals surface area (Å²) in [5.41, 5.74) is 1.41. The van der Waals surface area contributed by atoms with E-state index >= 15 is 0 Å². The zero-order valence-electron chi connectivity index (χ0n) is 12.0. The minimum absolute atomic E-state index is 0.0139. The Kier molecular flexibility index (Phi) is 5.53. The van der Waals surface area contributed by atoms with E-state index in [-0.39, 0.29) is 18.6 Å². The predicted octanol–water partition coefficient (Wildman–Crippen LogP) is 2.33. The molecule has 1 fully saturated rings. The van der Waals surface area contributed by atoms with E-state index in [1.807, 2.05) is 6.07 Å². The van der Waals surface area contributed by atoms with Gasteiger partial charge in [0, 0.05) is 18.7 Å². The summed E-state index contributed by atoms with van der Waals surface area (Å²) in [7, 11) is 0. The second-order valence-corrected chi connectivity index (χ2v) is 5.26. The molecule has 1 aliphatic rings. The summed E-state index contributed by atoms with van der Waals surface area (Å²) in [5.74, 6) is -0.0710. The first-order valence-electron chi connectivity index (χ1n) is 7.34. The highest BCUT2D eigenvalue weighted by atomic mass is 16.3. The van der Waals surface area contributed by atoms with Crippen LogP contribution in [0.2, 0.25) is 0 Å². The van der Waals surface area contributed by atoms with Gasteiger partial charge in [0.15, 0.2) is 0 Å². The minimum Gasteiger partial charge on any atom is -0.395 e. The van der Waals surface area contributed by atoms with Crippen LogP contribution in [-0.2, 0) is 4.79 Å². The Bertz CT molecular complexity index is 554. The van der Waals surface area contributed by atoms with Crippen LogP contribution in [0.5, 0.6) is 0 Å². The van der Waals surface area contributed by atoms with Crippen molar-refractivity contribution in [3.05, 3.63) is 41.5 Å². The largest absolute Gasteiger partial charge is 0.395 e. The van der Waals surface area contributed by atoms with Gasteiger partial charge in [-0.15, -0.1) is 0 Å². The van der Waals surface area contributed by atoms with Crippen molar-refractivity contribution in [1.82, 2.24) is 4.90 Å². The van der Waals surface area contributed by atoms with E-state index in [9.17, 15) is 4.79 Å². The third kappa shape index (κ3) is 4.17. The first-order valence-corrected chi connectivity index (χ1v) is 7.34. The van der Waals surface area contributed by atoms with Crippen LogP contribution in [0.1, 0.15) is 36.8 Å². The third-order valence-corrected chi connectivity index (χ3v) is 3.82. The van der Waals surface area contributed by atoms with Crippen molar-refractivity contribution in [1.29, 1.82) is 5.26 Å². The molecule has 110 valence electrons. The molecular formula is C17H20N2O2. The van der Waals surface area contributed by atoms with Crippen LogP contribution in [0.4, 0.5) is 0 Å². The van der Waals surface area contributed by atoms with Crippen LogP contribution in [0.15, 0.2) is 30.3 Å². The number of nitrogens with zero attached hydrogens (tertiary/aromatic N) is 2. The maximum absolute atomic E-state index is 12.3. The Labute approximate surface area is 125 Å². The van der Waals surface area contributed by atoms with E-state index < -0.39 is 0 Å². The minimum atomic E-state index is -0.0710. The molecule has 0 atom stereocenters. The Hall–Kier alpha value is -2.12. The fourth-order valence-corrected chi connectivity index (χ4v) is 2.77. The maximum Gasteiger partial charge on any atom is 0.246 e. The number of aliphatic hydroxyl groups is 1. The predicted molar refractivity (Wildman–Crippen MR) is 81.2 cm³/mol. The van der Waals surface area contributed by atoms with Crippen LogP contribution >= 0.6 is 0 Å². The number of hydrogen-bond acceptors (Lipinski definition) is 3. The molecule has 0 aromatic heterocycles. The van der Waals surface area contributed by atoms with Crippen molar-refractivity contribution in [2.75, 3.05) is 13.2 Å². The lowest BCUT2D eigenvalue weighted by Crippen LogP contribution is -2.39. The first-order chi connectivity index (χ1) is 10.2. The fourth-order valence-electron chi connectivity index (χ4n) is 2.77. The summed E-state index contributed by atoms with van der Waals surface area (Å²) in [6.45, 7) is 0.367. The highest BCUT2D eigenvalue weighted by molar-refractivity contribution is 5.92. The lowest BCUT2D eigenvalue weighted by molar-refractivity contribution is -0.128. The Morgan fingerprint density at radius 2 is 2.19 bits per heavy atom. The molecule has 1 amide bonds. The topological polar surface area (TPSA) is 64.3 Å². The van der Waals surface area contributed by atoms with E-state index in [1.165, 1.54) is 6.08 Å². The normalized spacial score (nSPS) is 15.2. The highest BCUT2D eigenvalue weighted by Gasteiger charge is 2.24. The first kappa shape index (κ1) is 15.3. The van der Waals surface area contributed by atoms with Gasteiger partial charge in [-0.25, -0.2) is 0 Å². The average molecular weight is 284 g/mol. The number of hydrogen-bond donors (Lipinski definition) is 1. The highest BCUT2D eigenvalue weighted by Crippen LogP contribution is 2.23. The van der Waals surface area contributed by atoms with E-state index in [0.717, 1.165) is 31.2 Å². The Morgan fingerprint density at radius 1 is 1.43 bits per heavy atom. The molecule has 1 aromatic rings. The summed E-state index contributed by atoms with van der Waals surface area (Å²) in [6, 6.07) is 9.46. The summed E-state index contributed by atoms with van der Waals surface area (Å²) in [6.07, 6.45) is 7.58. The maximum atomic E-state index is 12.3. The van der Waals surface area contributed by atoms with Crippen molar-refractivity contribution in [2.45, 2.75) is 31.7 Å². The van der Waals surface area contributed by atoms with Gasteiger partial charge in [0.1, 0.15) is 0 Å². The second-order valence-electron chi connectivity index (χ2n) is 5.26. The molecule has 4 nitrogen and oxygen atoms in total. The number of aliphatic hydroxyl groups excluding tert-OH is 1. The molecule has 1 N–H and O–H groups in total. The molecule has 0 radical (unpaired) electrons. The van der Waals surface area contributed by atoms with Gasteiger partial charge in [0.05, 0.1) is 18.2 Å². The van der Waals surface area contributed by atoms with E-state index in [4.69, 9.17) is 10.4 Å². The van der Waals surface area contributed by atoms with Gasteiger partial charge in [0.2, 0.25) is 5.91 Å². The summed E-state index contributed by atoms with van der Waals surface area (Å²) in [4.78, 5) is 14.1. The zero-order chi connectivity index (χ0) is 15.1. The molecule has 2 rings (SSSR count). The molecule has 1 aromatic carbocycles. The van der Waals surface area contributed by atoms with Crippen LogP contribution < -0.4 is 0 Å². The van der Waals surface area contributed by atoms with Crippen molar-refractivity contribution in [3.63, 3.8) is 0 Å². The van der Waals surface area contributed by atoms with Gasteiger partial charge in [0.25, 0.3) is 0 Å². The van der Waals surface area contributed by atoms with Crippen molar-refractivity contribution in [3.8, 4) is 6.07 Å². The van der Waals surface area contributed by atoms with Crippen LogP contribution in [0.25, 0.3) is 6.08 Å². The van der Waals surface area contributed by atoms with Gasteiger partial charge in [-0.3, -0.25) is 4.79 Å². The van der Waals surface area contributed by atoms with Crippen LogP contribution in [-0.4, -0.2) is 35.1 Å². The summed E-state index contributed by atoms with van der Waals surface area (Å²) < 4.78 is 0. The van der Waals surface area contributed by atoms with Crippen molar-refractivity contribution in [2.24, 2.45) is 0 Å². The lowest BCUT2D eigenvalue weighted by Gasteiger charge is -2.27. The number of benzene rings is 1. The molecule has 0 bridgehead atoms. The number of carbonyl (C=O) groups excluding carboxylic acids is 1. The Balaban J connectivity index is 2.06. The van der Waals surface area contributed by atoms with E-state index in [0.29, 0.717) is 12.1 Å². The third-order valence-electron chi connectivity index (χ3n) is 3.82. The number of nitriles is 1. The molecule has 0 aliphatic heterocycles.